The minimum absolute atomic E-state index is 0.0780. The van der Waals surface area contributed by atoms with Crippen molar-refractivity contribution in [1.29, 1.82) is 0 Å². The average molecular weight is 265 g/mol. The van der Waals surface area contributed by atoms with Gasteiger partial charge in [0.25, 0.3) is 5.91 Å². The van der Waals surface area contributed by atoms with Crippen molar-refractivity contribution in [1.82, 2.24) is 14.7 Å². The third-order valence-electron chi connectivity index (χ3n) is 3.12. The van der Waals surface area contributed by atoms with E-state index < -0.39 is 0 Å². The molecule has 100 valence electrons. The molecule has 0 saturated heterocycles. The first-order valence-corrected chi connectivity index (χ1v) is 6.50. The van der Waals surface area contributed by atoms with Crippen LogP contribution in [0.15, 0.2) is 54.9 Å². The molecule has 0 bridgehead atoms. The van der Waals surface area contributed by atoms with Crippen molar-refractivity contribution in [3.05, 3.63) is 71.7 Å². The van der Waals surface area contributed by atoms with Crippen LogP contribution in [0.4, 0.5) is 0 Å². The highest BCUT2D eigenvalue weighted by atomic mass is 16.1. The van der Waals surface area contributed by atoms with Crippen molar-refractivity contribution in [3.63, 3.8) is 0 Å². The summed E-state index contributed by atoms with van der Waals surface area (Å²) >= 11 is 0. The minimum Gasteiger partial charge on any atom is -0.346 e. The van der Waals surface area contributed by atoms with Gasteiger partial charge in [-0.25, -0.2) is 4.98 Å². The summed E-state index contributed by atoms with van der Waals surface area (Å²) in [6.07, 6.45) is 3.86. The Morgan fingerprint density at radius 3 is 2.95 bits per heavy atom. The Morgan fingerprint density at radius 1 is 1.25 bits per heavy atom. The predicted octanol–water partition coefficient (Wildman–Crippen LogP) is 2.57. The van der Waals surface area contributed by atoms with Crippen LogP contribution in [-0.4, -0.2) is 15.3 Å². The van der Waals surface area contributed by atoms with E-state index in [0.717, 1.165) is 16.9 Å². The predicted molar refractivity (Wildman–Crippen MR) is 77.5 cm³/mol. The van der Waals surface area contributed by atoms with Crippen LogP contribution in [0.25, 0.3) is 5.65 Å². The number of pyridine rings is 1. The van der Waals surface area contributed by atoms with Crippen molar-refractivity contribution in [2.45, 2.75) is 13.5 Å². The van der Waals surface area contributed by atoms with Gasteiger partial charge in [0.2, 0.25) is 0 Å². The van der Waals surface area contributed by atoms with Gasteiger partial charge in [-0.1, -0.05) is 23.8 Å². The number of hydrogen-bond acceptors (Lipinski definition) is 2. The van der Waals surface area contributed by atoms with Gasteiger partial charge in [0.05, 0.1) is 12.2 Å². The largest absolute Gasteiger partial charge is 0.346 e. The number of aromatic nitrogens is 2. The first-order valence-electron chi connectivity index (χ1n) is 6.50. The van der Waals surface area contributed by atoms with E-state index in [1.165, 1.54) is 0 Å². The molecule has 1 amide bonds. The van der Waals surface area contributed by atoms with Gasteiger partial charge in [-0.15, -0.1) is 0 Å². The summed E-state index contributed by atoms with van der Waals surface area (Å²) in [7, 11) is 0. The maximum atomic E-state index is 12.0. The molecule has 0 saturated carbocycles. The van der Waals surface area contributed by atoms with Crippen LogP contribution in [-0.2, 0) is 6.54 Å². The first kappa shape index (κ1) is 12.4. The van der Waals surface area contributed by atoms with Crippen LogP contribution < -0.4 is 5.32 Å². The van der Waals surface area contributed by atoms with Crippen molar-refractivity contribution in [2.24, 2.45) is 0 Å². The Hall–Kier alpha value is -2.62. The van der Waals surface area contributed by atoms with Gasteiger partial charge in [0.15, 0.2) is 0 Å². The van der Waals surface area contributed by atoms with Crippen LogP contribution >= 0.6 is 0 Å². The molecule has 0 radical (unpaired) electrons. The van der Waals surface area contributed by atoms with Crippen LogP contribution in [0.3, 0.4) is 0 Å². The molecule has 0 spiro atoms. The number of carbonyl (C=O) groups excluding carboxylic acids is 1. The number of carbonyl (C=O) groups is 1. The quantitative estimate of drug-likeness (QED) is 0.791. The number of imidazole rings is 1. The Morgan fingerprint density at radius 2 is 2.15 bits per heavy atom. The van der Waals surface area contributed by atoms with E-state index in [2.05, 4.69) is 10.3 Å². The van der Waals surface area contributed by atoms with Gasteiger partial charge >= 0.3 is 0 Å². The Balaban J connectivity index is 1.71. The maximum Gasteiger partial charge on any atom is 0.251 e. The molecule has 0 fully saturated rings. The number of amides is 1. The molecule has 0 atom stereocenters. The third-order valence-corrected chi connectivity index (χ3v) is 3.12. The fourth-order valence-electron chi connectivity index (χ4n) is 2.13. The summed E-state index contributed by atoms with van der Waals surface area (Å²) in [6.45, 7) is 2.40. The van der Waals surface area contributed by atoms with Gasteiger partial charge in [0.1, 0.15) is 5.65 Å². The summed E-state index contributed by atoms with van der Waals surface area (Å²) in [4.78, 5) is 16.5. The number of nitrogens with one attached hydrogen (secondary N) is 1. The molecular weight excluding hydrogens is 250 g/mol. The van der Waals surface area contributed by atoms with E-state index in [-0.39, 0.29) is 5.91 Å². The molecule has 0 aliphatic heterocycles. The van der Waals surface area contributed by atoms with Crippen molar-refractivity contribution in [3.8, 4) is 0 Å². The molecule has 3 aromatic rings. The summed E-state index contributed by atoms with van der Waals surface area (Å²) in [6, 6.07) is 13.4. The second-order valence-electron chi connectivity index (χ2n) is 4.75. The fourth-order valence-corrected chi connectivity index (χ4v) is 2.13. The smallest absolute Gasteiger partial charge is 0.251 e. The second-order valence-corrected chi connectivity index (χ2v) is 4.75. The number of benzene rings is 1. The summed E-state index contributed by atoms with van der Waals surface area (Å²) in [5.41, 5.74) is 3.48. The van der Waals surface area contributed by atoms with E-state index in [9.17, 15) is 4.79 Å². The number of nitrogens with zero attached hydrogens (tertiary/aromatic N) is 2. The normalized spacial score (nSPS) is 10.7. The third kappa shape index (κ3) is 2.54. The van der Waals surface area contributed by atoms with Crippen LogP contribution in [0.1, 0.15) is 21.6 Å². The van der Waals surface area contributed by atoms with Gasteiger partial charge < -0.3 is 9.72 Å². The molecule has 20 heavy (non-hydrogen) atoms. The standard InChI is InChI=1S/C16H15N3O/c1-12-5-4-6-13(9-12)16(20)17-10-14-11-19-8-3-2-7-15(19)18-14/h2-9,11H,10H2,1H3,(H,17,20). The lowest BCUT2D eigenvalue weighted by molar-refractivity contribution is 0.0950. The molecule has 0 unspecified atom stereocenters. The number of rotatable bonds is 3. The summed E-state index contributed by atoms with van der Waals surface area (Å²) < 4.78 is 1.94. The molecule has 1 aromatic carbocycles. The van der Waals surface area contributed by atoms with Crippen LogP contribution in [0, 0.1) is 6.92 Å². The highest BCUT2D eigenvalue weighted by molar-refractivity contribution is 5.94. The van der Waals surface area contributed by atoms with E-state index in [1.807, 2.05) is 66.2 Å². The lowest BCUT2D eigenvalue weighted by Gasteiger charge is -2.03. The highest BCUT2D eigenvalue weighted by Crippen LogP contribution is 2.06. The molecule has 1 N–H and O–H groups in total. The average Bonchev–Trinajstić information content (AvgIpc) is 2.87. The van der Waals surface area contributed by atoms with Gasteiger partial charge in [-0.2, -0.15) is 0 Å². The van der Waals surface area contributed by atoms with Crippen molar-refractivity contribution < 1.29 is 4.79 Å². The van der Waals surface area contributed by atoms with E-state index in [4.69, 9.17) is 0 Å². The van der Waals surface area contributed by atoms with E-state index in [1.54, 1.807) is 0 Å². The zero-order chi connectivity index (χ0) is 13.9. The van der Waals surface area contributed by atoms with E-state index in [0.29, 0.717) is 12.1 Å². The lowest BCUT2D eigenvalue weighted by atomic mass is 10.1. The zero-order valence-electron chi connectivity index (χ0n) is 11.2. The Kier molecular flexibility index (Phi) is 3.21. The second kappa shape index (κ2) is 5.17. The number of fused-ring (bicyclic) bond motifs is 1. The molecule has 4 heteroatoms. The van der Waals surface area contributed by atoms with Crippen LogP contribution in [0.5, 0.6) is 0 Å². The summed E-state index contributed by atoms with van der Waals surface area (Å²) in [5.74, 6) is -0.0780. The van der Waals surface area contributed by atoms with Gasteiger partial charge in [0, 0.05) is 18.0 Å². The van der Waals surface area contributed by atoms with Crippen molar-refractivity contribution in [2.75, 3.05) is 0 Å². The maximum absolute atomic E-state index is 12.0. The van der Waals surface area contributed by atoms with Crippen molar-refractivity contribution >= 4 is 11.6 Å². The molecule has 4 nitrogen and oxygen atoms in total. The minimum atomic E-state index is -0.0780. The Bertz CT molecular complexity index is 728. The zero-order valence-corrected chi connectivity index (χ0v) is 11.2. The molecule has 0 aliphatic rings. The van der Waals surface area contributed by atoms with Crippen LogP contribution in [0.2, 0.25) is 0 Å². The monoisotopic (exact) mass is 265 g/mol. The summed E-state index contributed by atoms with van der Waals surface area (Å²) in [5, 5.41) is 2.89. The first-order chi connectivity index (χ1) is 9.72. The van der Waals surface area contributed by atoms with Gasteiger partial charge in [-0.05, 0) is 31.2 Å². The lowest BCUT2D eigenvalue weighted by Crippen LogP contribution is -2.22. The van der Waals surface area contributed by atoms with E-state index >= 15 is 0 Å². The Labute approximate surface area is 117 Å². The topological polar surface area (TPSA) is 46.4 Å². The molecule has 3 rings (SSSR count). The molecule has 2 heterocycles. The fraction of sp³-hybridized carbons (Fsp3) is 0.125. The highest BCUT2D eigenvalue weighted by Gasteiger charge is 2.06. The molecular formula is C16H15N3O. The number of hydrogen-bond donors (Lipinski definition) is 1. The molecule has 2 aromatic heterocycles. The van der Waals surface area contributed by atoms with Gasteiger partial charge in [-0.3, -0.25) is 4.79 Å². The number of aryl methyl sites for hydroxylation is 1. The SMILES string of the molecule is Cc1cccc(C(=O)NCc2cn3ccccc3n2)c1. The molecule has 0 aliphatic carbocycles.